The Balaban J connectivity index is 2.22. The van der Waals surface area contributed by atoms with E-state index in [0.717, 1.165) is 13.0 Å². The van der Waals surface area contributed by atoms with Crippen molar-refractivity contribution in [2.75, 3.05) is 13.1 Å². The van der Waals surface area contributed by atoms with E-state index < -0.39 is 12.0 Å². The van der Waals surface area contributed by atoms with Gasteiger partial charge in [-0.15, -0.1) is 0 Å². The maximum atomic E-state index is 12.1. The van der Waals surface area contributed by atoms with Crippen LogP contribution in [-0.4, -0.2) is 47.1 Å². The Morgan fingerprint density at radius 2 is 2.00 bits per heavy atom. The number of carbonyl (C=O) groups is 2. The van der Waals surface area contributed by atoms with Crippen molar-refractivity contribution in [1.29, 1.82) is 0 Å². The number of nitrogens with zero attached hydrogens (tertiary/aromatic N) is 1. The van der Waals surface area contributed by atoms with Gasteiger partial charge in [-0.05, 0) is 24.2 Å². The van der Waals surface area contributed by atoms with Crippen LogP contribution < -0.4 is 5.32 Å². The number of aliphatic carboxylic acids is 1. The molecule has 2 rings (SSSR count). The zero-order chi connectivity index (χ0) is 15.6. The summed E-state index contributed by atoms with van der Waals surface area (Å²) in [6.07, 6.45) is 4.56. The second-order valence-electron chi connectivity index (χ2n) is 7.47. The van der Waals surface area contributed by atoms with E-state index >= 15 is 0 Å². The average molecular weight is 296 g/mol. The number of carboxylic acid groups (broad SMARTS) is 1. The molecule has 21 heavy (non-hydrogen) atoms. The Kier molecular flexibility index (Phi) is 4.91. The normalized spacial score (nSPS) is 31.8. The largest absolute Gasteiger partial charge is 0.481 e. The lowest BCUT2D eigenvalue weighted by Gasteiger charge is -2.49. The second-order valence-corrected chi connectivity index (χ2v) is 7.47. The zero-order valence-electron chi connectivity index (χ0n) is 13.4. The second kappa shape index (κ2) is 6.34. The highest BCUT2D eigenvalue weighted by Crippen LogP contribution is 2.41. The van der Waals surface area contributed by atoms with Crippen molar-refractivity contribution in [1.82, 2.24) is 10.2 Å². The molecule has 0 aromatic rings. The van der Waals surface area contributed by atoms with Crippen molar-refractivity contribution in [3.05, 3.63) is 0 Å². The molecule has 1 saturated carbocycles. The van der Waals surface area contributed by atoms with Gasteiger partial charge in [0.05, 0.1) is 12.5 Å². The summed E-state index contributed by atoms with van der Waals surface area (Å²) in [6, 6.07) is -0.182. The van der Waals surface area contributed by atoms with Gasteiger partial charge in [-0.1, -0.05) is 33.6 Å². The molecule has 1 aliphatic heterocycles. The summed E-state index contributed by atoms with van der Waals surface area (Å²) in [5.41, 5.74) is 0.187. The minimum atomic E-state index is -0.898. The van der Waals surface area contributed by atoms with Crippen LogP contribution in [0, 0.1) is 11.3 Å². The predicted molar refractivity (Wildman–Crippen MR) is 81.0 cm³/mol. The van der Waals surface area contributed by atoms with E-state index in [2.05, 4.69) is 31.0 Å². The molecule has 1 amide bonds. The molecule has 0 aromatic heterocycles. The fraction of sp³-hybridized carbons (Fsp3) is 0.875. The molecule has 2 fully saturated rings. The summed E-state index contributed by atoms with van der Waals surface area (Å²) in [5.74, 6) is -0.500. The number of carbonyl (C=O) groups excluding carboxylic acids is 1. The van der Waals surface area contributed by atoms with Crippen molar-refractivity contribution in [2.45, 2.75) is 65.0 Å². The van der Waals surface area contributed by atoms with E-state index in [1.54, 1.807) is 0 Å². The van der Waals surface area contributed by atoms with Crippen LogP contribution >= 0.6 is 0 Å². The number of rotatable bonds is 3. The van der Waals surface area contributed by atoms with Crippen LogP contribution in [0.1, 0.15) is 52.9 Å². The van der Waals surface area contributed by atoms with Crippen LogP contribution in [-0.2, 0) is 9.59 Å². The number of hydrogen-bond acceptors (Lipinski definition) is 3. The van der Waals surface area contributed by atoms with Crippen LogP contribution in [0.4, 0.5) is 0 Å². The lowest BCUT2D eigenvalue weighted by Crippen LogP contribution is -2.61. The molecule has 1 saturated heterocycles. The smallest absolute Gasteiger partial charge is 0.305 e. The van der Waals surface area contributed by atoms with Crippen molar-refractivity contribution in [3.63, 3.8) is 0 Å². The van der Waals surface area contributed by atoms with E-state index in [-0.39, 0.29) is 17.7 Å². The third-order valence-electron chi connectivity index (χ3n) is 5.01. The fourth-order valence-electron chi connectivity index (χ4n) is 4.02. The van der Waals surface area contributed by atoms with Crippen molar-refractivity contribution >= 4 is 11.9 Å². The lowest BCUT2D eigenvalue weighted by atomic mass is 9.68. The summed E-state index contributed by atoms with van der Waals surface area (Å²) in [7, 11) is 0. The molecule has 0 aromatic carbocycles. The van der Waals surface area contributed by atoms with E-state index in [0.29, 0.717) is 18.5 Å². The Hall–Kier alpha value is -1.10. The summed E-state index contributed by atoms with van der Waals surface area (Å²) in [6.45, 7) is 8.16. The summed E-state index contributed by atoms with van der Waals surface area (Å²) in [5, 5.41) is 11.9. The molecule has 2 aliphatic rings. The van der Waals surface area contributed by atoms with Gasteiger partial charge in [0.15, 0.2) is 0 Å². The van der Waals surface area contributed by atoms with Gasteiger partial charge in [-0.2, -0.15) is 0 Å². The summed E-state index contributed by atoms with van der Waals surface area (Å²) >= 11 is 0. The number of hydrogen-bond donors (Lipinski definition) is 2. The molecule has 0 spiro atoms. The third kappa shape index (κ3) is 3.76. The number of nitrogens with one attached hydrogen (secondary N) is 1. The molecule has 3 unspecified atom stereocenters. The molecule has 2 N–H and O–H groups in total. The van der Waals surface area contributed by atoms with Gasteiger partial charge < -0.3 is 10.4 Å². The average Bonchev–Trinajstić information content (AvgIpc) is 2.40. The number of amides is 1. The Morgan fingerprint density at radius 1 is 1.33 bits per heavy atom. The molecule has 0 radical (unpaired) electrons. The van der Waals surface area contributed by atoms with Gasteiger partial charge in [0.1, 0.15) is 0 Å². The van der Waals surface area contributed by atoms with Gasteiger partial charge in [-0.25, -0.2) is 0 Å². The number of carboxylic acids is 1. The maximum Gasteiger partial charge on any atom is 0.305 e. The van der Waals surface area contributed by atoms with Gasteiger partial charge in [0.2, 0.25) is 5.91 Å². The van der Waals surface area contributed by atoms with Crippen molar-refractivity contribution < 1.29 is 14.7 Å². The van der Waals surface area contributed by atoms with Crippen LogP contribution in [0.25, 0.3) is 0 Å². The minimum Gasteiger partial charge on any atom is -0.481 e. The molecule has 120 valence electrons. The Morgan fingerprint density at radius 3 is 2.62 bits per heavy atom. The maximum absolute atomic E-state index is 12.1. The first-order chi connectivity index (χ1) is 9.80. The van der Waals surface area contributed by atoms with E-state index in [9.17, 15) is 9.59 Å². The highest BCUT2D eigenvalue weighted by Gasteiger charge is 2.43. The molecule has 5 nitrogen and oxygen atoms in total. The summed E-state index contributed by atoms with van der Waals surface area (Å²) in [4.78, 5) is 25.4. The quantitative estimate of drug-likeness (QED) is 0.834. The van der Waals surface area contributed by atoms with Crippen molar-refractivity contribution in [2.24, 2.45) is 11.3 Å². The van der Waals surface area contributed by atoms with Gasteiger partial charge in [0.25, 0.3) is 0 Å². The molecular weight excluding hydrogens is 268 g/mol. The highest BCUT2D eigenvalue weighted by atomic mass is 16.4. The zero-order valence-corrected chi connectivity index (χ0v) is 13.4. The molecule has 0 bridgehead atoms. The molecule has 5 heteroatoms. The topological polar surface area (TPSA) is 69.6 Å². The molecular formula is C16H28N2O3. The van der Waals surface area contributed by atoms with Crippen LogP contribution in [0.3, 0.4) is 0 Å². The Bertz CT molecular complexity index is 403. The molecule has 1 aliphatic carbocycles. The highest BCUT2D eigenvalue weighted by molar-refractivity contribution is 5.86. The van der Waals surface area contributed by atoms with Gasteiger partial charge >= 0.3 is 5.97 Å². The SMILES string of the molecule is CC(C)(C)C1CCCCC1N1CCNC(=O)C1CC(=O)O. The monoisotopic (exact) mass is 296 g/mol. The van der Waals surface area contributed by atoms with E-state index in [1.165, 1.54) is 19.3 Å². The first-order valence-corrected chi connectivity index (χ1v) is 8.06. The molecule has 3 atom stereocenters. The van der Waals surface area contributed by atoms with Crippen molar-refractivity contribution in [3.8, 4) is 0 Å². The van der Waals surface area contributed by atoms with Crippen LogP contribution in [0.15, 0.2) is 0 Å². The predicted octanol–water partition coefficient (Wildman–Crippen LogP) is 1.87. The first-order valence-electron chi connectivity index (χ1n) is 8.06. The van der Waals surface area contributed by atoms with Crippen LogP contribution in [0.2, 0.25) is 0 Å². The third-order valence-corrected chi connectivity index (χ3v) is 5.01. The standard InChI is InChI=1S/C16H28N2O3/c1-16(2,3)11-6-4-5-7-12(11)18-9-8-17-15(21)13(18)10-14(19)20/h11-13H,4-10H2,1-3H3,(H,17,21)(H,19,20). The summed E-state index contributed by atoms with van der Waals surface area (Å²) < 4.78 is 0. The van der Waals surface area contributed by atoms with Crippen LogP contribution in [0.5, 0.6) is 0 Å². The first kappa shape index (κ1) is 16.3. The van der Waals surface area contributed by atoms with Gasteiger partial charge in [-0.3, -0.25) is 14.5 Å². The van der Waals surface area contributed by atoms with Gasteiger partial charge in [0, 0.05) is 19.1 Å². The Labute approximate surface area is 127 Å². The van der Waals surface area contributed by atoms with E-state index in [1.807, 2.05) is 0 Å². The fourth-order valence-corrected chi connectivity index (χ4v) is 4.02. The van der Waals surface area contributed by atoms with E-state index in [4.69, 9.17) is 5.11 Å². The number of piperazine rings is 1. The lowest BCUT2D eigenvalue weighted by molar-refractivity contribution is -0.145. The molecule has 1 heterocycles. The minimum absolute atomic E-state index is 0.0980.